The summed E-state index contributed by atoms with van der Waals surface area (Å²) < 4.78 is 29.4. The molecule has 0 aliphatic heterocycles. The lowest BCUT2D eigenvalue weighted by atomic mass is 10.2. The van der Waals surface area contributed by atoms with E-state index in [1.165, 1.54) is 18.4 Å². The van der Waals surface area contributed by atoms with Crippen molar-refractivity contribution in [3.8, 4) is 17.2 Å². The summed E-state index contributed by atoms with van der Waals surface area (Å²) in [4.78, 5) is 15.9. The van der Waals surface area contributed by atoms with Crippen LogP contribution in [0.25, 0.3) is 11.5 Å². The van der Waals surface area contributed by atoms with Crippen molar-refractivity contribution in [3.05, 3.63) is 69.8 Å². The molecule has 0 atom stereocenters. The van der Waals surface area contributed by atoms with E-state index in [1.54, 1.807) is 31.2 Å². The second-order valence-corrected chi connectivity index (χ2v) is 6.63. The summed E-state index contributed by atoms with van der Waals surface area (Å²) in [5.74, 6) is -0.109. The van der Waals surface area contributed by atoms with Crippen LogP contribution in [0.4, 0.5) is 4.39 Å². The molecule has 2 aromatic carbocycles. The average Bonchev–Trinajstić information content (AvgIpc) is 3.10. The molecule has 0 N–H and O–H groups in total. The largest absolute Gasteiger partial charge is 0.488 e. The third-order valence-electron chi connectivity index (χ3n) is 3.75. The lowest BCUT2D eigenvalue weighted by molar-refractivity contribution is -0.142. The van der Waals surface area contributed by atoms with Gasteiger partial charge >= 0.3 is 5.97 Å². The Labute approximate surface area is 171 Å². The molecule has 1 aromatic heterocycles. The maximum absolute atomic E-state index is 13.2. The highest BCUT2D eigenvalue weighted by atomic mass is 35.5. The standard InChI is InChI=1S/C20H16Cl2FNO4/c1-2-26-19(25)9-15-11-28-20(24-15)16-7-13(21)4-6-18(16)27-10-12-3-5-14(23)8-17(12)22/h3-8,11H,2,9-10H2,1H3. The normalized spacial score (nSPS) is 10.7. The molecule has 3 rings (SSSR count). The maximum atomic E-state index is 13.2. The Morgan fingerprint density at radius 3 is 2.79 bits per heavy atom. The second kappa shape index (κ2) is 9.08. The number of halogens is 3. The van der Waals surface area contributed by atoms with Gasteiger partial charge in [-0.25, -0.2) is 9.37 Å². The maximum Gasteiger partial charge on any atom is 0.311 e. The van der Waals surface area contributed by atoms with E-state index in [0.29, 0.717) is 34.2 Å². The van der Waals surface area contributed by atoms with Crippen molar-refractivity contribution in [2.24, 2.45) is 0 Å². The molecular formula is C20H16Cl2FNO4. The van der Waals surface area contributed by atoms with Crippen LogP contribution in [0, 0.1) is 5.82 Å². The van der Waals surface area contributed by atoms with Crippen molar-refractivity contribution in [1.82, 2.24) is 4.98 Å². The van der Waals surface area contributed by atoms with E-state index in [1.807, 2.05) is 0 Å². The predicted octanol–water partition coefficient (Wildman–Crippen LogP) is 5.47. The van der Waals surface area contributed by atoms with Crippen molar-refractivity contribution in [1.29, 1.82) is 0 Å². The first kappa shape index (κ1) is 20.2. The van der Waals surface area contributed by atoms with Gasteiger partial charge in [0.15, 0.2) is 0 Å². The van der Waals surface area contributed by atoms with Crippen molar-refractivity contribution in [2.45, 2.75) is 20.0 Å². The van der Waals surface area contributed by atoms with Gasteiger partial charge in [0.1, 0.15) is 24.4 Å². The topological polar surface area (TPSA) is 61.6 Å². The molecular weight excluding hydrogens is 408 g/mol. The van der Waals surface area contributed by atoms with Crippen LogP contribution < -0.4 is 4.74 Å². The molecule has 0 saturated heterocycles. The highest BCUT2D eigenvalue weighted by molar-refractivity contribution is 6.31. The Hall–Kier alpha value is -2.57. The second-order valence-electron chi connectivity index (χ2n) is 5.79. The van der Waals surface area contributed by atoms with E-state index in [2.05, 4.69) is 4.98 Å². The fourth-order valence-corrected chi connectivity index (χ4v) is 2.86. The number of hydrogen-bond donors (Lipinski definition) is 0. The van der Waals surface area contributed by atoms with Gasteiger partial charge in [-0.05, 0) is 37.3 Å². The fourth-order valence-electron chi connectivity index (χ4n) is 2.46. The van der Waals surface area contributed by atoms with Crippen molar-refractivity contribution in [2.75, 3.05) is 6.61 Å². The molecule has 8 heteroatoms. The minimum atomic E-state index is -0.421. The summed E-state index contributed by atoms with van der Waals surface area (Å²) in [6.07, 6.45) is 1.38. The number of ether oxygens (including phenoxy) is 2. The number of esters is 1. The zero-order valence-corrected chi connectivity index (χ0v) is 16.4. The van der Waals surface area contributed by atoms with Crippen LogP contribution in [0.15, 0.2) is 47.1 Å². The van der Waals surface area contributed by atoms with Gasteiger partial charge in [-0.15, -0.1) is 0 Å². The number of carbonyl (C=O) groups is 1. The van der Waals surface area contributed by atoms with Crippen LogP contribution in [0.5, 0.6) is 5.75 Å². The molecule has 1 heterocycles. The SMILES string of the molecule is CCOC(=O)Cc1coc(-c2cc(Cl)ccc2OCc2ccc(F)cc2Cl)n1. The van der Waals surface area contributed by atoms with Crippen LogP contribution in [-0.4, -0.2) is 17.6 Å². The lowest BCUT2D eigenvalue weighted by Crippen LogP contribution is -2.07. The van der Waals surface area contributed by atoms with E-state index in [9.17, 15) is 9.18 Å². The van der Waals surface area contributed by atoms with Crippen LogP contribution in [-0.2, 0) is 22.6 Å². The highest BCUT2D eigenvalue weighted by Gasteiger charge is 2.16. The minimum Gasteiger partial charge on any atom is -0.488 e. The van der Waals surface area contributed by atoms with Gasteiger partial charge in [0.05, 0.1) is 29.3 Å². The number of rotatable bonds is 7. The van der Waals surface area contributed by atoms with Crippen molar-refractivity contribution >= 4 is 29.2 Å². The molecule has 0 aliphatic rings. The number of carbonyl (C=O) groups excluding carboxylic acids is 1. The molecule has 3 aromatic rings. The van der Waals surface area contributed by atoms with E-state index >= 15 is 0 Å². The van der Waals surface area contributed by atoms with Gasteiger partial charge in [-0.2, -0.15) is 0 Å². The Kier molecular flexibility index (Phi) is 6.54. The zero-order chi connectivity index (χ0) is 20.1. The van der Waals surface area contributed by atoms with Gasteiger partial charge in [-0.1, -0.05) is 29.3 Å². The van der Waals surface area contributed by atoms with E-state index in [4.69, 9.17) is 37.1 Å². The Morgan fingerprint density at radius 2 is 2.04 bits per heavy atom. The number of oxazole rings is 1. The first-order valence-corrected chi connectivity index (χ1v) is 9.18. The molecule has 146 valence electrons. The third kappa shape index (κ3) is 5.03. The molecule has 0 unspecified atom stereocenters. The number of aromatic nitrogens is 1. The number of nitrogens with zero attached hydrogens (tertiary/aromatic N) is 1. The molecule has 0 bridgehead atoms. The number of benzene rings is 2. The van der Waals surface area contributed by atoms with E-state index in [-0.39, 0.29) is 23.9 Å². The van der Waals surface area contributed by atoms with E-state index in [0.717, 1.165) is 0 Å². The van der Waals surface area contributed by atoms with E-state index < -0.39 is 11.8 Å². The summed E-state index contributed by atoms with van der Waals surface area (Å²) in [7, 11) is 0. The molecule has 0 saturated carbocycles. The van der Waals surface area contributed by atoms with Crippen LogP contribution >= 0.6 is 23.2 Å². The summed E-state index contributed by atoms with van der Waals surface area (Å²) >= 11 is 12.1. The van der Waals surface area contributed by atoms with Gasteiger partial charge < -0.3 is 13.9 Å². The first-order valence-electron chi connectivity index (χ1n) is 8.43. The quantitative estimate of drug-likeness (QED) is 0.471. The van der Waals surface area contributed by atoms with Crippen molar-refractivity contribution < 1.29 is 23.1 Å². The Morgan fingerprint density at radius 1 is 1.21 bits per heavy atom. The molecule has 28 heavy (non-hydrogen) atoms. The first-order chi connectivity index (χ1) is 13.5. The number of hydrogen-bond acceptors (Lipinski definition) is 5. The summed E-state index contributed by atoms with van der Waals surface area (Å²) in [6.45, 7) is 2.14. The zero-order valence-electron chi connectivity index (χ0n) is 14.9. The Bertz CT molecular complexity index is 990. The minimum absolute atomic E-state index is 0.000711. The average molecular weight is 424 g/mol. The summed E-state index contributed by atoms with van der Waals surface area (Å²) in [5.41, 5.74) is 1.57. The molecule has 0 spiro atoms. The summed E-state index contributed by atoms with van der Waals surface area (Å²) in [6, 6.07) is 9.06. The molecule has 5 nitrogen and oxygen atoms in total. The van der Waals surface area contributed by atoms with Gasteiger partial charge in [-0.3, -0.25) is 4.79 Å². The van der Waals surface area contributed by atoms with Crippen LogP contribution in [0.3, 0.4) is 0 Å². The van der Waals surface area contributed by atoms with Gasteiger partial charge in [0, 0.05) is 10.6 Å². The Balaban J connectivity index is 1.81. The van der Waals surface area contributed by atoms with Crippen molar-refractivity contribution in [3.63, 3.8) is 0 Å². The lowest BCUT2D eigenvalue weighted by Gasteiger charge is -2.11. The fraction of sp³-hybridized carbons (Fsp3) is 0.200. The van der Waals surface area contributed by atoms with Crippen LogP contribution in [0.1, 0.15) is 18.2 Å². The monoisotopic (exact) mass is 423 g/mol. The van der Waals surface area contributed by atoms with Gasteiger partial charge in [0.25, 0.3) is 0 Å². The molecule has 0 amide bonds. The smallest absolute Gasteiger partial charge is 0.311 e. The van der Waals surface area contributed by atoms with Crippen LogP contribution in [0.2, 0.25) is 10.0 Å². The highest BCUT2D eigenvalue weighted by Crippen LogP contribution is 2.33. The summed E-state index contributed by atoms with van der Waals surface area (Å²) in [5, 5.41) is 0.732. The molecule has 0 fully saturated rings. The molecule has 0 aliphatic carbocycles. The van der Waals surface area contributed by atoms with Gasteiger partial charge in [0.2, 0.25) is 5.89 Å². The molecule has 0 radical (unpaired) electrons. The third-order valence-corrected chi connectivity index (χ3v) is 4.34. The predicted molar refractivity (Wildman–Crippen MR) is 103 cm³/mol.